The fraction of sp³-hybridized carbons (Fsp3) is 0.235. The number of hydrogen-bond acceptors (Lipinski definition) is 6. The number of nitro groups is 1. The molecule has 0 heterocycles. The first-order chi connectivity index (χ1) is 13.3. The number of rotatable bonds is 10. The third kappa shape index (κ3) is 6.48. The zero-order valence-corrected chi connectivity index (χ0v) is 16.3. The van der Waals surface area contributed by atoms with Crippen molar-refractivity contribution in [3.8, 4) is 0 Å². The van der Waals surface area contributed by atoms with Gasteiger partial charge in [0, 0.05) is 37.1 Å². The van der Waals surface area contributed by atoms with Crippen molar-refractivity contribution in [2.75, 3.05) is 25.0 Å². The fourth-order valence-corrected chi connectivity index (χ4v) is 3.62. The van der Waals surface area contributed by atoms with Gasteiger partial charge in [0.1, 0.15) is 5.69 Å². The SMILES string of the molecule is O=C(CCNc1ccccc1[N+](=O)[O-])NCCNS(=O)(=O)c1cccc(Cl)c1. The molecule has 2 aromatic carbocycles. The Bertz CT molecular complexity index is 952. The van der Waals surface area contributed by atoms with E-state index in [9.17, 15) is 23.3 Å². The van der Waals surface area contributed by atoms with Gasteiger partial charge >= 0.3 is 0 Å². The number of nitrogens with zero attached hydrogens (tertiary/aromatic N) is 1. The highest BCUT2D eigenvalue weighted by atomic mass is 35.5. The van der Waals surface area contributed by atoms with Crippen LogP contribution in [0, 0.1) is 10.1 Å². The van der Waals surface area contributed by atoms with Gasteiger partial charge in [0.25, 0.3) is 5.69 Å². The van der Waals surface area contributed by atoms with E-state index in [1.165, 1.54) is 24.3 Å². The number of anilines is 1. The lowest BCUT2D eigenvalue weighted by atomic mass is 10.2. The molecule has 0 saturated heterocycles. The predicted molar refractivity (Wildman–Crippen MR) is 106 cm³/mol. The Kier molecular flexibility index (Phi) is 7.73. The smallest absolute Gasteiger partial charge is 0.292 e. The Morgan fingerprint density at radius 1 is 1.07 bits per heavy atom. The van der Waals surface area contributed by atoms with Crippen LogP contribution in [0.15, 0.2) is 53.4 Å². The van der Waals surface area contributed by atoms with E-state index in [0.717, 1.165) is 0 Å². The second-order valence-corrected chi connectivity index (χ2v) is 7.86. The molecule has 0 saturated carbocycles. The molecule has 2 rings (SSSR count). The molecule has 28 heavy (non-hydrogen) atoms. The lowest BCUT2D eigenvalue weighted by Gasteiger charge is -2.09. The monoisotopic (exact) mass is 426 g/mol. The lowest BCUT2D eigenvalue weighted by Crippen LogP contribution is -2.35. The number of sulfonamides is 1. The summed E-state index contributed by atoms with van der Waals surface area (Å²) in [5.74, 6) is -0.312. The third-order valence-corrected chi connectivity index (χ3v) is 5.31. The molecule has 0 aliphatic carbocycles. The first-order valence-electron chi connectivity index (χ1n) is 8.29. The van der Waals surface area contributed by atoms with E-state index >= 15 is 0 Å². The molecule has 0 bridgehead atoms. The van der Waals surface area contributed by atoms with Crippen LogP contribution in [0.2, 0.25) is 5.02 Å². The summed E-state index contributed by atoms with van der Waals surface area (Å²) in [6.45, 7) is 0.313. The van der Waals surface area contributed by atoms with Crippen molar-refractivity contribution < 1.29 is 18.1 Å². The van der Waals surface area contributed by atoms with Crippen LogP contribution >= 0.6 is 11.6 Å². The van der Waals surface area contributed by atoms with Gasteiger partial charge in [-0.15, -0.1) is 0 Å². The fourth-order valence-electron chi connectivity index (χ4n) is 2.29. The molecule has 1 amide bonds. The molecule has 0 unspecified atom stereocenters. The summed E-state index contributed by atoms with van der Waals surface area (Å²) in [5.41, 5.74) is 0.257. The number of nitrogens with one attached hydrogen (secondary N) is 3. The zero-order chi connectivity index (χ0) is 20.6. The van der Waals surface area contributed by atoms with Crippen molar-refractivity contribution in [3.63, 3.8) is 0 Å². The molecular weight excluding hydrogens is 408 g/mol. The van der Waals surface area contributed by atoms with E-state index in [2.05, 4.69) is 15.4 Å². The second kappa shape index (κ2) is 10.0. The third-order valence-electron chi connectivity index (χ3n) is 3.61. The number of carbonyl (C=O) groups is 1. The minimum atomic E-state index is -3.71. The molecule has 0 radical (unpaired) electrons. The van der Waals surface area contributed by atoms with Gasteiger partial charge in [-0.25, -0.2) is 13.1 Å². The molecule has 2 aromatic rings. The van der Waals surface area contributed by atoms with Gasteiger partial charge in [-0.05, 0) is 24.3 Å². The number of amides is 1. The van der Waals surface area contributed by atoms with Gasteiger partial charge in [-0.1, -0.05) is 29.8 Å². The standard InChI is InChI=1S/C17H19ClN4O5S/c18-13-4-3-5-14(12-13)28(26,27)21-11-10-20-17(23)8-9-19-15-6-1-2-7-16(15)22(24)25/h1-7,12,19,21H,8-11H2,(H,20,23). The summed E-state index contributed by atoms with van der Waals surface area (Å²) in [6.07, 6.45) is 0.0765. The second-order valence-electron chi connectivity index (χ2n) is 5.66. The summed E-state index contributed by atoms with van der Waals surface area (Å²) in [7, 11) is -3.71. The number of halogens is 1. The molecule has 0 atom stereocenters. The normalized spacial score (nSPS) is 11.0. The molecular formula is C17H19ClN4O5S. The van der Waals surface area contributed by atoms with E-state index < -0.39 is 14.9 Å². The van der Waals surface area contributed by atoms with E-state index in [4.69, 9.17) is 11.6 Å². The molecule has 0 spiro atoms. The van der Waals surface area contributed by atoms with Crippen LogP contribution in [-0.2, 0) is 14.8 Å². The summed E-state index contributed by atoms with van der Waals surface area (Å²) < 4.78 is 26.6. The van der Waals surface area contributed by atoms with Crippen LogP contribution in [0.3, 0.4) is 0 Å². The average molecular weight is 427 g/mol. The molecule has 3 N–H and O–H groups in total. The van der Waals surface area contributed by atoms with Crippen LogP contribution < -0.4 is 15.4 Å². The number of nitro benzene ring substituents is 1. The summed E-state index contributed by atoms with van der Waals surface area (Å²) in [5, 5.41) is 16.6. The highest BCUT2D eigenvalue weighted by molar-refractivity contribution is 7.89. The van der Waals surface area contributed by atoms with Crippen molar-refractivity contribution in [1.29, 1.82) is 0 Å². The molecule has 0 aliphatic heterocycles. The van der Waals surface area contributed by atoms with Gasteiger partial charge in [-0.3, -0.25) is 14.9 Å². The van der Waals surface area contributed by atoms with E-state index in [0.29, 0.717) is 10.7 Å². The Morgan fingerprint density at radius 2 is 1.82 bits per heavy atom. The van der Waals surface area contributed by atoms with Gasteiger partial charge < -0.3 is 10.6 Å². The topological polar surface area (TPSA) is 130 Å². The lowest BCUT2D eigenvalue weighted by molar-refractivity contribution is -0.384. The Morgan fingerprint density at radius 3 is 2.54 bits per heavy atom. The van der Waals surface area contributed by atoms with Crippen LogP contribution in [0.25, 0.3) is 0 Å². The maximum Gasteiger partial charge on any atom is 0.292 e. The van der Waals surface area contributed by atoms with Crippen LogP contribution in [0.1, 0.15) is 6.42 Å². The van der Waals surface area contributed by atoms with Crippen LogP contribution in [0.5, 0.6) is 0 Å². The van der Waals surface area contributed by atoms with E-state index in [1.54, 1.807) is 24.3 Å². The minimum Gasteiger partial charge on any atom is -0.379 e. The molecule has 150 valence electrons. The first kappa shape index (κ1) is 21.6. The van der Waals surface area contributed by atoms with Gasteiger partial charge in [-0.2, -0.15) is 0 Å². The highest BCUT2D eigenvalue weighted by Crippen LogP contribution is 2.22. The number of benzene rings is 2. The molecule has 0 aliphatic rings. The van der Waals surface area contributed by atoms with E-state index in [-0.39, 0.29) is 42.5 Å². The Balaban J connectivity index is 1.71. The van der Waals surface area contributed by atoms with Crippen molar-refractivity contribution >= 4 is 38.9 Å². The number of hydrogen-bond donors (Lipinski definition) is 3. The van der Waals surface area contributed by atoms with Crippen molar-refractivity contribution in [3.05, 3.63) is 63.7 Å². The molecule has 0 aromatic heterocycles. The quantitative estimate of drug-likeness (QED) is 0.303. The molecule has 9 nitrogen and oxygen atoms in total. The maximum atomic E-state index is 12.1. The van der Waals surface area contributed by atoms with Crippen molar-refractivity contribution in [2.45, 2.75) is 11.3 Å². The average Bonchev–Trinajstić information content (AvgIpc) is 2.65. The molecule has 11 heteroatoms. The minimum absolute atomic E-state index is 0.0121. The maximum absolute atomic E-state index is 12.1. The zero-order valence-electron chi connectivity index (χ0n) is 14.7. The summed E-state index contributed by atoms with van der Waals surface area (Å²) in [6, 6.07) is 12.0. The highest BCUT2D eigenvalue weighted by Gasteiger charge is 2.14. The van der Waals surface area contributed by atoms with Crippen LogP contribution in [0.4, 0.5) is 11.4 Å². The Labute approximate surface area is 167 Å². The number of para-hydroxylation sites is 2. The largest absolute Gasteiger partial charge is 0.379 e. The van der Waals surface area contributed by atoms with Gasteiger partial charge in [0.15, 0.2) is 0 Å². The predicted octanol–water partition coefficient (Wildman–Crippen LogP) is 2.14. The van der Waals surface area contributed by atoms with Gasteiger partial charge in [0.05, 0.1) is 9.82 Å². The first-order valence-corrected chi connectivity index (χ1v) is 10.1. The van der Waals surface area contributed by atoms with Gasteiger partial charge in [0.2, 0.25) is 15.9 Å². The Hall–Kier alpha value is -2.69. The summed E-state index contributed by atoms with van der Waals surface area (Å²) in [4.78, 5) is 22.3. The molecule has 0 fully saturated rings. The summed E-state index contributed by atoms with van der Waals surface area (Å²) >= 11 is 5.78. The van der Waals surface area contributed by atoms with Crippen molar-refractivity contribution in [1.82, 2.24) is 10.0 Å². The number of carbonyl (C=O) groups excluding carboxylic acids is 1. The van der Waals surface area contributed by atoms with Crippen molar-refractivity contribution in [2.24, 2.45) is 0 Å². The van der Waals surface area contributed by atoms with E-state index in [1.807, 2.05) is 0 Å². The van der Waals surface area contributed by atoms with Crippen LogP contribution in [-0.4, -0.2) is 38.9 Å².